The average molecular weight is 161 g/mol. The first-order chi connectivity index (χ1) is 5.06. The van der Waals surface area contributed by atoms with Crippen molar-refractivity contribution in [3.63, 3.8) is 0 Å². The lowest BCUT2D eigenvalue weighted by atomic mass is 9.92. The van der Waals surface area contributed by atoms with Gasteiger partial charge in [-0.2, -0.15) is 0 Å². The van der Waals surface area contributed by atoms with Crippen molar-refractivity contribution in [2.75, 3.05) is 19.8 Å². The maximum absolute atomic E-state index is 11.6. The Kier molecular flexibility index (Phi) is 5.47. The van der Waals surface area contributed by atoms with E-state index >= 15 is 0 Å². The summed E-state index contributed by atoms with van der Waals surface area (Å²) < 4.78 is 11.6. The van der Waals surface area contributed by atoms with Gasteiger partial charge in [0.25, 0.3) is 0 Å². The summed E-state index contributed by atoms with van der Waals surface area (Å²) in [4.78, 5) is 0. The predicted octanol–water partition coefficient (Wildman–Crippen LogP) is 2.37. The van der Waals surface area contributed by atoms with Gasteiger partial charge in [0.15, 0.2) is 0 Å². The minimum atomic E-state index is -0.206. The Labute approximate surface area is 69.4 Å². The summed E-state index contributed by atoms with van der Waals surface area (Å²) in [6, 6.07) is 0. The number of nitrogens with one attached hydrogen (secondary N) is 1. The van der Waals surface area contributed by atoms with Crippen LogP contribution in [0.3, 0.4) is 0 Å². The second-order valence-corrected chi connectivity index (χ2v) is 4.10. The fourth-order valence-corrected chi connectivity index (χ4v) is 0.780. The van der Waals surface area contributed by atoms with Crippen LogP contribution in [-0.2, 0) is 0 Å². The van der Waals surface area contributed by atoms with E-state index in [4.69, 9.17) is 0 Å². The van der Waals surface area contributed by atoms with Crippen LogP contribution in [0.5, 0.6) is 0 Å². The van der Waals surface area contributed by atoms with Gasteiger partial charge in [-0.3, -0.25) is 4.39 Å². The number of hydrogen-bond acceptors (Lipinski definition) is 1. The lowest BCUT2D eigenvalue weighted by Gasteiger charge is -2.17. The quantitative estimate of drug-likeness (QED) is 0.610. The second kappa shape index (κ2) is 5.53. The Balaban J connectivity index is 3.02. The standard InChI is InChI=1S/C9H20FN/c1-9(2,3)5-8-11-7-4-6-10/h11H,4-8H2,1-3H3. The van der Waals surface area contributed by atoms with Crippen LogP contribution in [0, 0.1) is 5.41 Å². The van der Waals surface area contributed by atoms with E-state index in [0.717, 1.165) is 19.5 Å². The molecule has 0 aromatic carbocycles. The van der Waals surface area contributed by atoms with Crippen LogP contribution in [0.1, 0.15) is 33.6 Å². The summed E-state index contributed by atoms with van der Waals surface area (Å²) in [6.45, 7) is 8.25. The highest BCUT2D eigenvalue weighted by molar-refractivity contribution is 4.62. The van der Waals surface area contributed by atoms with Crippen molar-refractivity contribution < 1.29 is 4.39 Å². The fraction of sp³-hybridized carbons (Fsp3) is 1.00. The summed E-state index contributed by atoms with van der Waals surface area (Å²) in [5.74, 6) is 0. The summed E-state index contributed by atoms with van der Waals surface area (Å²) in [5, 5.41) is 3.20. The Bertz CT molecular complexity index is 86.1. The molecule has 0 unspecified atom stereocenters. The number of rotatable bonds is 5. The molecule has 1 N–H and O–H groups in total. The molecule has 0 rings (SSSR count). The second-order valence-electron chi connectivity index (χ2n) is 4.10. The zero-order valence-electron chi connectivity index (χ0n) is 7.91. The Morgan fingerprint density at radius 2 is 1.82 bits per heavy atom. The molecule has 0 aromatic heterocycles. The normalized spacial score (nSPS) is 12.0. The highest BCUT2D eigenvalue weighted by Gasteiger charge is 2.08. The van der Waals surface area contributed by atoms with Gasteiger partial charge in [0.05, 0.1) is 6.67 Å². The van der Waals surface area contributed by atoms with Crippen molar-refractivity contribution in [3.05, 3.63) is 0 Å². The van der Waals surface area contributed by atoms with Crippen LogP contribution in [0.25, 0.3) is 0 Å². The van der Waals surface area contributed by atoms with Crippen molar-refractivity contribution in [2.45, 2.75) is 33.6 Å². The van der Waals surface area contributed by atoms with Crippen LogP contribution >= 0.6 is 0 Å². The lowest BCUT2D eigenvalue weighted by molar-refractivity contribution is 0.363. The van der Waals surface area contributed by atoms with Crippen LogP contribution in [0.4, 0.5) is 4.39 Å². The van der Waals surface area contributed by atoms with E-state index in [1.54, 1.807) is 0 Å². The molecule has 0 radical (unpaired) electrons. The third-order valence-corrected chi connectivity index (χ3v) is 1.54. The Hall–Kier alpha value is -0.110. The molecule has 0 aromatic rings. The first-order valence-corrected chi connectivity index (χ1v) is 4.33. The molecule has 0 fully saturated rings. The zero-order valence-corrected chi connectivity index (χ0v) is 7.91. The van der Waals surface area contributed by atoms with Crippen LogP contribution in [0.15, 0.2) is 0 Å². The maximum Gasteiger partial charge on any atom is 0.0906 e. The molecule has 0 aliphatic rings. The molecular weight excluding hydrogens is 141 g/mol. The molecule has 0 spiro atoms. The third-order valence-electron chi connectivity index (χ3n) is 1.54. The molecule has 11 heavy (non-hydrogen) atoms. The van der Waals surface area contributed by atoms with Gasteiger partial charge in [0.1, 0.15) is 0 Å². The van der Waals surface area contributed by atoms with Crippen LogP contribution < -0.4 is 5.32 Å². The third kappa shape index (κ3) is 9.89. The van der Waals surface area contributed by atoms with E-state index in [9.17, 15) is 4.39 Å². The van der Waals surface area contributed by atoms with Crippen molar-refractivity contribution in [3.8, 4) is 0 Å². The zero-order chi connectivity index (χ0) is 8.74. The topological polar surface area (TPSA) is 12.0 Å². The molecule has 0 aliphatic carbocycles. The van der Waals surface area contributed by atoms with E-state index < -0.39 is 0 Å². The predicted molar refractivity (Wildman–Crippen MR) is 47.5 cm³/mol. The van der Waals surface area contributed by atoms with E-state index in [1.807, 2.05) is 0 Å². The van der Waals surface area contributed by atoms with E-state index in [0.29, 0.717) is 11.8 Å². The van der Waals surface area contributed by atoms with Gasteiger partial charge in [0, 0.05) is 0 Å². The van der Waals surface area contributed by atoms with Gasteiger partial charge >= 0.3 is 0 Å². The van der Waals surface area contributed by atoms with Gasteiger partial charge in [-0.1, -0.05) is 20.8 Å². The first-order valence-electron chi connectivity index (χ1n) is 4.33. The molecule has 0 saturated carbocycles. The van der Waals surface area contributed by atoms with Crippen LogP contribution in [-0.4, -0.2) is 19.8 Å². The van der Waals surface area contributed by atoms with Gasteiger partial charge in [-0.25, -0.2) is 0 Å². The van der Waals surface area contributed by atoms with Gasteiger partial charge in [0.2, 0.25) is 0 Å². The van der Waals surface area contributed by atoms with Gasteiger partial charge < -0.3 is 5.32 Å². The van der Waals surface area contributed by atoms with Gasteiger partial charge in [-0.15, -0.1) is 0 Å². The Morgan fingerprint density at radius 3 is 2.27 bits per heavy atom. The molecule has 0 bridgehead atoms. The number of alkyl halides is 1. The fourth-order valence-electron chi connectivity index (χ4n) is 0.780. The molecule has 0 heterocycles. The van der Waals surface area contributed by atoms with Crippen molar-refractivity contribution in [1.29, 1.82) is 0 Å². The average Bonchev–Trinajstić information content (AvgIpc) is 1.85. The summed E-state index contributed by atoms with van der Waals surface area (Å²) in [7, 11) is 0. The highest BCUT2D eigenvalue weighted by atomic mass is 19.1. The minimum absolute atomic E-state index is 0.206. The molecule has 0 aliphatic heterocycles. The van der Waals surface area contributed by atoms with E-state index in [1.165, 1.54) is 0 Å². The largest absolute Gasteiger partial charge is 0.317 e. The summed E-state index contributed by atoms with van der Waals surface area (Å²) >= 11 is 0. The molecule has 0 amide bonds. The first kappa shape index (κ1) is 10.9. The molecule has 2 heteroatoms. The minimum Gasteiger partial charge on any atom is -0.317 e. The maximum atomic E-state index is 11.6. The van der Waals surface area contributed by atoms with Crippen molar-refractivity contribution in [2.24, 2.45) is 5.41 Å². The molecule has 68 valence electrons. The Morgan fingerprint density at radius 1 is 1.18 bits per heavy atom. The SMILES string of the molecule is CC(C)(C)CCNCCCF. The summed E-state index contributed by atoms with van der Waals surface area (Å²) in [5.41, 5.74) is 0.392. The van der Waals surface area contributed by atoms with Crippen molar-refractivity contribution in [1.82, 2.24) is 5.32 Å². The number of halogens is 1. The van der Waals surface area contributed by atoms with Gasteiger partial charge in [-0.05, 0) is 31.3 Å². The lowest BCUT2D eigenvalue weighted by Crippen LogP contribution is -2.21. The van der Waals surface area contributed by atoms with Crippen LogP contribution in [0.2, 0.25) is 0 Å². The molecule has 0 saturated heterocycles. The van der Waals surface area contributed by atoms with Crippen molar-refractivity contribution >= 4 is 0 Å². The summed E-state index contributed by atoms with van der Waals surface area (Å²) in [6.07, 6.45) is 1.80. The van der Waals surface area contributed by atoms with E-state index in [2.05, 4.69) is 26.1 Å². The molecule has 0 atom stereocenters. The number of hydrogen-bond donors (Lipinski definition) is 1. The monoisotopic (exact) mass is 161 g/mol. The smallest absolute Gasteiger partial charge is 0.0906 e. The molecular formula is C9H20FN. The highest BCUT2D eigenvalue weighted by Crippen LogP contribution is 2.16. The molecule has 1 nitrogen and oxygen atoms in total. The van der Waals surface area contributed by atoms with E-state index in [-0.39, 0.29) is 6.67 Å².